The van der Waals surface area contributed by atoms with Gasteiger partial charge in [0.05, 0.1) is 0 Å². The second-order valence-electron chi connectivity index (χ2n) is 6.26. The fourth-order valence-corrected chi connectivity index (χ4v) is 4.58. The predicted octanol–water partition coefficient (Wildman–Crippen LogP) is 3.36. The molecular weight excluding hydrogens is 288 g/mol. The van der Waals surface area contributed by atoms with E-state index in [0.29, 0.717) is 5.41 Å². The Bertz CT molecular complexity index is 245. The van der Waals surface area contributed by atoms with Crippen LogP contribution in [0.2, 0.25) is 0 Å². The molecule has 2 rings (SSSR count). The normalized spacial score (nSPS) is 27.2. The van der Waals surface area contributed by atoms with Gasteiger partial charge in [0, 0.05) is 24.5 Å². The van der Waals surface area contributed by atoms with Crippen molar-refractivity contribution in [3.8, 4) is 0 Å². The van der Waals surface area contributed by atoms with Crippen LogP contribution < -0.4 is 0 Å². The molecule has 0 amide bonds. The fraction of sp³-hybridized carbons (Fsp3) is 1.00. The van der Waals surface area contributed by atoms with Gasteiger partial charge in [0.2, 0.25) is 0 Å². The molecule has 3 heteroatoms. The zero-order valence-corrected chi connectivity index (χ0v) is 13.7. The van der Waals surface area contributed by atoms with Gasteiger partial charge in [-0.05, 0) is 57.2 Å². The van der Waals surface area contributed by atoms with Crippen molar-refractivity contribution < 1.29 is 0 Å². The summed E-state index contributed by atoms with van der Waals surface area (Å²) in [6, 6.07) is 0.856. The van der Waals surface area contributed by atoms with Crippen molar-refractivity contribution >= 4 is 15.9 Å². The van der Waals surface area contributed by atoms with E-state index in [1.165, 1.54) is 64.8 Å². The molecule has 0 saturated carbocycles. The highest BCUT2D eigenvalue weighted by atomic mass is 79.9. The Balaban J connectivity index is 1.95. The van der Waals surface area contributed by atoms with Crippen LogP contribution in [0.25, 0.3) is 0 Å². The van der Waals surface area contributed by atoms with Gasteiger partial charge in [-0.25, -0.2) is 0 Å². The molecule has 2 aliphatic rings. The standard InChI is InChI=1S/C15H29BrN2/c1-3-15(4-2,12-16)13-17-8-6-10-18-9-5-7-14(18)11-17/h14H,3-13H2,1-2H3. The maximum absolute atomic E-state index is 3.76. The highest BCUT2D eigenvalue weighted by molar-refractivity contribution is 9.09. The summed E-state index contributed by atoms with van der Waals surface area (Å²) in [6.45, 7) is 11.3. The van der Waals surface area contributed by atoms with Crippen LogP contribution in [0, 0.1) is 5.41 Å². The lowest BCUT2D eigenvalue weighted by atomic mass is 9.84. The van der Waals surface area contributed by atoms with E-state index in [4.69, 9.17) is 0 Å². The molecule has 0 aromatic carbocycles. The largest absolute Gasteiger partial charge is 0.301 e. The van der Waals surface area contributed by atoms with Gasteiger partial charge in [0.15, 0.2) is 0 Å². The first-order valence-electron chi connectivity index (χ1n) is 7.75. The molecule has 18 heavy (non-hydrogen) atoms. The number of nitrogens with zero attached hydrogens (tertiary/aromatic N) is 2. The van der Waals surface area contributed by atoms with Crippen molar-refractivity contribution in [1.29, 1.82) is 0 Å². The predicted molar refractivity (Wildman–Crippen MR) is 82.5 cm³/mol. The van der Waals surface area contributed by atoms with E-state index in [-0.39, 0.29) is 0 Å². The van der Waals surface area contributed by atoms with Crippen molar-refractivity contribution in [2.24, 2.45) is 5.41 Å². The van der Waals surface area contributed by atoms with E-state index < -0.39 is 0 Å². The molecule has 0 aromatic heterocycles. The minimum absolute atomic E-state index is 0.494. The Morgan fingerprint density at radius 3 is 2.50 bits per heavy atom. The number of fused-ring (bicyclic) bond motifs is 1. The maximum Gasteiger partial charge on any atom is 0.0223 e. The summed E-state index contributed by atoms with van der Waals surface area (Å²) in [4.78, 5) is 5.48. The van der Waals surface area contributed by atoms with Gasteiger partial charge in [-0.15, -0.1) is 0 Å². The van der Waals surface area contributed by atoms with Crippen molar-refractivity contribution in [1.82, 2.24) is 9.80 Å². The van der Waals surface area contributed by atoms with E-state index in [9.17, 15) is 0 Å². The molecule has 0 N–H and O–H groups in total. The minimum atomic E-state index is 0.494. The van der Waals surface area contributed by atoms with Gasteiger partial charge in [-0.3, -0.25) is 4.90 Å². The Kier molecular flexibility index (Phi) is 5.52. The summed E-state index contributed by atoms with van der Waals surface area (Å²) in [5, 5.41) is 1.15. The molecule has 2 heterocycles. The van der Waals surface area contributed by atoms with E-state index in [0.717, 1.165) is 11.4 Å². The second-order valence-corrected chi connectivity index (χ2v) is 6.82. The summed E-state index contributed by atoms with van der Waals surface area (Å²) < 4.78 is 0. The van der Waals surface area contributed by atoms with Crippen LogP contribution >= 0.6 is 15.9 Å². The van der Waals surface area contributed by atoms with Crippen molar-refractivity contribution in [3.63, 3.8) is 0 Å². The fourth-order valence-electron chi connectivity index (χ4n) is 3.61. The molecule has 0 spiro atoms. The summed E-state index contributed by atoms with van der Waals surface area (Å²) in [7, 11) is 0. The smallest absolute Gasteiger partial charge is 0.0223 e. The summed E-state index contributed by atoms with van der Waals surface area (Å²) in [5.41, 5.74) is 0.494. The molecule has 1 unspecified atom stereocenters. The third kappa shape index (κ3) is 3.29. The number of hydrogen-bond acceptors (Lipinski definition) is 2. The van der Waals surface area contributed by atoms with Crippen LogP contribution in [0.4, 0.5) is 0 Å². The quantitative estimate of drug-likeness (QED) is 0.718. The molecular formula is C15H29BrN2. The van der Waals surface area contributed by atoms with Crippen LogP contribution in [0.5, 0.6) is 0 Å². The number of halogens is 1. The Labute approximate surface area is 121 Å². The first-order chi connectivity index (χ1) is 8.73. The second kappa shape index (κ2) is 6.71. The summed E-state index contributed by atoms with van der Waals surface area (Å²) in [6.07, 6.45) is 6.79. The highest BCUT2D eigenvalue weighted by Gasteiger charge is 2.33. The third-order valence-corrected chi connectivity index (χ3v) is 6.42. The van der Waals surface area contributed by atoms with Gasteiger partial charge in [-0.2, -0.15) is 0 Å². The van der Waals surface area contributed by atoms with E-state index in [2.05, 4.69) is 39.6 Å². The van der Waals surface area contributed by atoms with E-state index >= 15 is 0 Å². The molecule has 2 fully saturated rings. The van der Waals surface area contributed by atoms with E-state index in [1.54, 1.807) is 0 Å². The molecule has 2 aliphatic heterocycles. The molecule has 0 bridgehead atoms. The lowest BCUT2D eigenvalue weighted by Gasteiger charge is -2.36. The lowest BCUT2D eigenvalue weighted by molar-refractivity contribution is 0.146. The van der Waals surface area contributed by atoms with Gasteiger partial charge >= 0.3 is 0 Å². The molecule has 0 aliphatic carbocycles. The minimum Gasteiger partial charge on any atom is -0.301 e. The zero-order chi connectivity index (χ0) is 13.0. The van der Waals surface area contributed by atoms with Gasteiger partial charge < -0.3 is 4.90 Å². The molecule has 1 atom stereocenters. The summed E-state index contributed by atoms with van der Waals surface area (Å²) in [5.74, 6) is 0. The SMILES string of the molecule is CCC(CC)(CBr)CN1CCCN2CCCC2C1. The van der Waals surface area contributed by atoms with Gasteiger partial charge in [0.25, 0.3) is 0 Å². The topological polar surface area (TPSA) is 6.48 Å². The zero-order valence-electron chi connectivity index (χ0n) is 12.1. The highest BCUT2D eigenvalue weighted by Crippen LogP contribution is 2.31. The number of hydrogen-bond donors (Lipinski definition) is 0. The Morgan fingerprint density at radius 1 is 1.11 bits per heavy atom. The Morgan fingerprint density at radius 2 is 1.83 bits per heavy atom. The first kappa shape index (κ1) is 14.8. The number of alkyl halides is 1. The molecule has 106 valence electrons. The average Bonchev–Trinajstić information content (AvgIpc) is 2.75. The van der Waals surface area contributed by atoms with E-state index in [1.807, 2.05) is 0 Å². The van der Waals surface area contributed by atoms with Crippen LogP contribution in [-0.4, -0.2) is 53.9 Å². The van der Waals surface area contributed by atoms with Crippen LogP contribution in [0.15, 0.2) is 0 Å². The maximum atomic E-state index is 3.76. The summed E-state index contributed by atoms with van der Waals surface area (Å²) >= 11 is 3.76. The van der Waals surface area contributed by atoms with Gasteiger partial charge in [-0.1, -0.05) is 29.8 Å². The third-order valence-electron chi connectivity index (χ3n) is 5.23. The number of rotatable bonds is 5. The molecule has 0 aromatic rings. The Hall–Kier alpha value is 0.400. The van der Waals surface area contributed by atoms with Crippen LogP contribution in [0.3, 0.4) is 0 Å². The van der Waals surface area contributed by atoms with Gasteiger partial charge in [0.1, 0.15) is 0 Å². The first-order valence-corrected chi connectivity index (χ1v) is 8.87. The van der Waals surface area contributed by atoms with Crippen molar-refractivity contribution in [3.05, 3.63) is 0 Å². The lowest BCUT2D eigenvalue weighted by Crippen LogP contribution is -2.43. The molecule has 2 nitrogen and oxygen atoms in total. The average molecular weight is 317 g/mol. The molecule has 0 radical (unpaired) electrons. The monoisotopic (exact) mass is 316 g/mol. The van der Waals surface area contributed by atoms with Crippen LogP contribution in [0.1, 0.15) is 46.0 Å². The molecule has 2 saturated heterocycles. The van der Waals surface area contributed by atoms with Crippen LogP contribution in [-0.2, 0) is 0 Å². The van der Waals surface area contributed by atoms with Crippen molar-refractivity contribution in [2.45, 2.75) is 52.0 Å². The van der Waals surface area contributed by atoms with Crippen molar-refractivity contribution in [2.75, 3.05) is 38.1 Å².